The van der Waals surface area contributed by atoms with Gasteiger partial charge in [0.05, 0.1) is 12.7 Å². The van der Waals surface area contributed by atoms with Crippen molar-refractivity contribution in [1.29, 1.82) is 0 Å². The summed E-state index contributed by atoms with van der Waals surface area (Å²) in [4.78, 5) is 0. The van der Waals surface area contributed by atoms with Gasteiger partial charge in [-0.1, -0.05) is 35.5 Å². The summed E-state index contributed by atoms with van der Waals surface area (Å²) in [5, 5.41) is 7.59. The first kappa shape index (κ1) is 11.7. The molecule has 0 spiro atoms. The molecule has 1 atom stereocenters. The fourth-order valence-corrected chi connectivity index (χ4v) is 1.34. The van der Waals surface area contributed by atoms with Crippen molar-refractivity contribution >= 4 is 12.4 Å². The summed E-state index contributed by atoms with van der Waals surface area (Å²) in [5.74, 6) is 0. The fourth-order valence-electron chi connectivity index (χ4n) is 1.34. The van der Waals surface area contributed by atoms with Gasteiger partial charge in [0.15, 0.2) is 0 Å². The van der Waals surface area contributed by atoms with Crippen LogP contribution in [0.25, 0.3) is 0 Å². The third-order valence-electron chi connectivity index (χ3n) is 2.08. The number of halogens is 1. The van der Waals surface area contributed by atoms with Crippen molar-refractivity contribution in [2.45, 2.75) is 12.6 Å². The van der Waals surface area contributed by atoms with E-state index in [0.29, 0.717) is 6.54 Å². The maximum atomic E-state index is 6.00. The first-order valence-electron chi connectivity index (χ1n) is 4.51. The van der Waals surface area contributed by atoms with Crippen molar-refractivity contribution < 1.29 is 0 Å². The number of benzene rings is 1. The Balaban J connectivity index is 0.00000112. The Morgan fingerprint density at radius 3 is 2.60 bits per heavy atom. The third-order valence-corrected chi connectivity index (χ3v) is 2.08. The Morgan fingerprint density at radius 2 is 2.00 bits per heavy atom. The number of nitrogens with two attached hydrogens (primary N) is 1. The minimum absolute atomic E-state index is 0. The molecule has 2 N–H and O–H groups in total. The number of rotatable bonds is 3. The lowest BCUT2D eigenvalue weighted by molar-refractivity contribution is 0.513. The molecule has 0 saturated carbocycles. The van der Waals surface area contributed by atoms with Gasteiger partial charge in [-0.2, -0.15) is 0 Å². The molecule has 80 valence electrons. The predicted molar refractivity (Wildman–Crippen MR) is 60.6 cm³/mol. The summed E-state index contributed by atoms with van der Waals surface area (Å²) < 4.78 is 1.73. The summed E-state index contributed by atoms with van der Waals surface area (Å²) in [7, 11) is 0. The smallest absolute Gasteiger partial charge is 0.0692 e. The van der Waals surface area contributed by atoms with Crippen LogP contribution >= 0.6 is 12.4 Å². The molecule has 5 heteroatoms. The van der Waals surface area contributed by atoms with E-state index in [2.05, 4.69) is 10.3 Å². The molecule has 1 aromatic carbocycles. The number of hydrogen-bond acceptors (Lipinski definition) is 3. The lowest BCUT2D eigenvalue weighted by Crippen LogP contribution is -2.17. The summed E-state index contributed by atoms with van der Waals surface area (Å²) >= 11 is 0. The standard InChI is InChI=1S/C10H12N4.ClH/c11-10(8-14-7-6-12-13-14)9-4-2-1-3-5-9;/h1-7,10H,8,11H2;1H. The average molecular weight is 225 g/mol. The molecule has 1 aromatic heterocycles. The van der Waals surface area contributed by atoms with Crippen LogP contribution in [0.4, 0.5) is 0 Å². The quantitative estimate of drug-likeness (QED) is 0.858. The summed E-state index contributed by atoms with van der Waals surface area (Å²) in [6.07, 6.45) is 3.46. The zero-order valence-electron chi connectivity index (χ0n) is 8.15. The lowest BCUT2D eigenvalue weighted by Gasteiger charge is -2.10. The molecule has 0 saturated heterocycles. The van der Waals surface area contributed by atoms with E-state index in [1.54, 1.807) is 10.9 Å². The van der Waals surface area contributed by atoms with Gasteiger partial charge in [-0.25, -0.2) is 0 Å². The third kappa shape index (κ3) is 3.04. The molecule has 0 aliphatic heterocycles. The molecule has 4 nitrogen and oxygen atoms in total. The highest BCUT2D eigenvalue weighted by Gasteiger charge is 2.05. The monoisotopic (exact) mass is 224 g/mol. The normalized spacial score (nSPS) is 11.8. The van der Waals surface area contributed by atoms with E-state index in [-0.39, 0.29) is 18.4 Å². The van der Waals surface area contributed by atoms with Gasteiger partial charge in [-0.3, -0.25) is 4.68 Å². The Bertz CT molecular complexity index is 374. The van der Waals surface area contributed by atoms with Crippen molar-refractivity contribution in [1.82, 2.24) is 15.0 Å². The molecule has 0 amide bonds. The minimum atomic E-state index is -0.0297. The van der Waals surface area contributed by atoms with E-state index in [4.69, 9.17) is 5.73 Å². The molecule has 15 heavy (non-hydrogen) atoms. The van der Waals surface area contributed by atoms with Gasteiger partial charge in [0.25, 0.3) is 0 Å². The molecule has 1 heterocycles. The highest BCUT2D eigenvalue weighted by Crippen LogP contribution is 2.10. The van der Waals surface area contributed by atoms with Crippen LogP contribution in [0.15, 0.2) is 42.7 Å². The van der Waals surface area contributed by atoms with E-state index < -0.39 is 0 Å². The molecule has 2 rings (SSSR count). The first-order chi connectivity index (χ1) is 6.86. The zero-order valence-corrected chi connectivity index (χ0v) is 8.97. The van der Waals surface area contributed by atoms with Crippen LogP contribution in [0.2, 0.25) is 0 Å². The van der Waals surface area contributed by atoms with Gasteiger partial charge in [0.2, 0.25) is 0 Å². The van der Waals surface area contributed by atoms with Crippen molar-refractivity contribution in [3.8, 4) is 0 Å². The van der Waals surface area contributed by atoms with Gasteiger partial charge >= 0.3 is 0 Å². The molecule has 0 fully saturated rings. The second-order valence-electron chi connectivity index (χ2n) is 3.14. The summed E-state index contributed by atoms with van der Waals surface area (Å²) in [6, 6.07) is 9.94. The second kappa shape index (κ2) is 5.48. The van der Waals surface area contributed by atoms with Crippen molar-refractivity contribution in [3.05, 3.63) is 48.3 Å². The van der Waals surface area contributed by atoms with Crippen molar-refractivity contribution in [2.24, 2.45) is 5.73 Å². The minimum Gasteiger partial charge on any atom is -0.322 e. The fraction of sp³-hybridized carbons (Fsp3) is 0.200. The predicted octanol–water partition coefficient (Wildman–Crippen LogP) is 1.40. The highest BCUT2D eigenvalue weighted by molar-refractivity contribution is 5.85. The van der Waals surface area contributed by atoms with Crippen LogP contribution in [-0.4, -0.2) is 15.0 Å². The molecule has 0 aliphatic rings. The largest absolute Gasteiger partial charge is 0.322 e. The highest BCUT2D eigenvalue weighted by atomic mass is 35.5. The van der Waals surface area contributed by atoms with Gasteiger partial charge < -0.3 is 5.73 Å². The van der Waals surface area contributed by atoms with E-state index in [0.717, 1.165) is 5.56 Å². The Labute approximate surface area is 94.5 Å². The maximum absolute atomic E-state index is 6.00. The van der Waals surface area contributed by atoms with Crippen LogP contribution in [0.5, 0.6) is 0 Å². The Morgan fingerprint density at radius 1 is 1.27 bits per heavy atom. The Hall–Kier alpha value is -1.39. The molecule has 2 aromatic rings. The number of hydrogen-bond donors (Lipinski definition) is 1. The van der Waals surface area contributed by atoms with Crippen LogP contribution in [0.3, 0.4) is 0 Å². The summed E-state index contributed by atoms with van der Waals surface area (Å²) in [6.45, 7) is 0.657. The van der Waals surface area contributed by atoms with Gasteiger partial charge in [-0.05, 0) is 5.56 Å². The topological polar surface area (TPSA) is 56.7 Å². The average Bonchev–Trinajstić information content (AvgIpc) is 2.72. The van der Waals surface area contributed by atoms with Gasteiger partial charge in [0, 0.05) is 12.2 Å². The molecule has 1 unspecified atom stereocenters. The van der Waals surface area contributed by atoms with E-state index in [9.17, 15) is 0 Å². The van der Waals surface area contributed by atoms with Crippen LogP contribution in [-0.2, 0) is 6.54 Å². The molecular formula is C10H13ClN4. The molecule has 0 bridgehead atoms. The van der Waals surface area contributed by atoms with Crippen molar-refractivity contribution in [2.75, 3.05) is 0 Å². The SMILES string of the molecule is Cl.NC(Cn1ccnn1)c1ccccc1. The zero-order chi connectivity index (χ0) is 9.80. The van der Waals surface area contributed by atoms with E-state index in [1.807, 2.05) is 36.5 Å². The van der Waals surface area contributed by atoms with Crippen LogP contribution in [0, 0.1) is 0 Å². The first-order valence-corrected chi connectivity index (χ1v) is 4.51. The van der Waals surface area contributed by atoms with Crippen molar-refractivity contribution in [3.63, 3.8) is 0 Å². The Kier molecular flexibility index (Phi) is 4.27. The van der Waals surface area contributed by atoms with Gasteiger partial charge in [-0.15, -0.1) is 17.5 Å². The van der Waals surface area contributed by atoms with Crippen LogP contribution < -0.4 is 5.73 Å². The molecule has 0 aliphatic carbocycles. The van der Waals surface area contributed by atoms with Gasteiger partial charge in [0.1, 0.15) is 0 Å². The number of nitrogens with zero attached hydrogens (tertiary/aromatic N) is 3. The summed E-state index contributed by atoms with van der Waals surface area (Å²) in [5.41, 5.74) is 7.11. The molecular weight excluding hydrogens is 212 g/mol. The van der Waals surface area contributed by atoms with E-state index in [1.165, 1.54) is 0 Å². The van der Waals surface area contributed by atoms with E-state index >= 15 is 0 Å². The lowest BCUT2D eigenvalue weighted by atomic mass is 10.1. The maximum Gasteiger partial charge on any atom is 0.0692 e. The number of aromatic nitrogens is 3. The molecule has 0 radical (unpaired) electrons. The second-order valence-corrected chi connectivity index (χ2v) is 3.14. The van der Waals surface area contributed by atoms with Crippen LogP contribution in [0.1, 0.15) is 11.6 Å².